The molecule has 6 heteroatoms. The van der Waals surface area contributed by atoms with Crippen LogP contribution in [0.2, 0.25) is 0 Å². The number of rotatable bonds is 8. The minimum absolute atomic E-state index is 0.388. The largest absolute Gasteiger partial charge is 0.392 e. The van der Waals surface area contributed by atoms with E-state index < -0.39 is 6.10 Å². The van der Waals surface area contributed by atoms with Crippen LogP contribution in [0, 0.1) is 0 Å². The van der Waals surface area contributed by atoms with Gasteiger partial charge in [0.15, 0.2) is 5.82 Å². The average molecular weight is 254 g/mol. The van der Waals surface area contributed by atoms with Crippen molar-refractivity contribution >= 4 is 11.6 Å². The number of aliphatic hydroxyl groups is 1. The zero-order chi connectivity index (χ0) is 13.4. The van der Waals surface area contributed by atoms with Crippen LogP contribution in [-0.2, 0) is 11.3 Å². The molecule has 0 bridgehead atoms. The van der Waals surface area contributed by atoms with Crippen molar-refractivity contribution in [2.75, 3.05) is 30.3 Å². The van der Waals surface area contributed by atoms with Gasteiger partial charge in [-0.25, -0.2) is 9.97 Å². The van der Waals surface area contributed by atoms with Crippen molar-refractivity contribution in [2.45, 2.75) is 33.5 Å². The Kier molecular flexibility index (Phi) is 6.38. The summed E-state index contributed by atoms with van der Waals surface area (Å²) in [6.07, 6.45) is -0.419. The lowest BCUT2D eigenvalue weighted by Gasteiger charge is -2.11. The van der Waals surface area contributed by atoms with Crippen LogP contribution in [0.4, 0.5) is 11.6 Å². The first kappa shape index (κ1) is 14.7. The van der Waals surface area contributed by atoms with E-state index >= 15 is 0 Å². The Morgan fingerprint density at radius 2 is 1.94 bits per heavy atom. The maximum absolute atomic E-state index is 9.25. The summed E-state index contributed by atoms with van der Waals surface area (Å²) in [6.45, 7) is 7.93. The molecule has 0 saturated carbocycles. The van der Waals surface area contributed by atoms with E-state index in [0.717, 1.165) is 12.4 Å². The molecule has 0 amide bonds. The molecule has 1 aromatic heterocycles. The topological polar surface area (TPSA) is 79.3 Å². The van der Waals surface area contributed by atoms with Crippen LogP contribution in [0.15, 0.2) is 6.07 Å². The highest BCUT2D eigenvalue weighted by molar-refractivity contribution is 5.47. The van der Waals surface area contributed by atoms with Crippen molar-refractivity contribution in [1.82, 2.24) is 9.97 Å². The van der Waals surface area contributed by atoms with Crippen LogP contribution in [0.1, 0.15) is 26.6 Å². The number of nitrogens with zero attached hydrogens (tertiary/aromatic N) is 2. The minimum Gasteiger partial charge on any atom is -0.392 e. The van der Waals surface area contributed by atoms with Gasteiger partial charge in [-0.1, -0.05) is 0 Å². The second-order valence-electron chi connectivity index (χ2n) is 3.95. The highest BCUT2D eigenvalue weighted by Gasteiger charge is 2.05. The second-order valence-corrected chi connectivity index (χ2v) is 3.95. The van der Waals surface area contributed by atoms with Crippen LogP contribution >= 0.6 is 0 Å². The fourth-order valence-electron chi connectivity index (χ4n) is 1.37. The molecule has 0 aliphatic rings. The highest BCUT2D eigenvalue weighted by Crippen LogP contribution is 2.12. The van der Waals surface area contributed by atoms with E-state index in [1.165, 1.54) is 0 Å². The molecule has 1 unspecified atom stereocenters. The number of anilines is 2. The molecule has 18 heavy (non-hydrogen) atoms. The lowest BCUT2D eigenvalue weighted by molar-refractivity contribution is 0.128. The number of ether oxygens (including phenoxy) is 1. The molecule has 0 spiro atoms. The van der Waals surface area contributed by atoms with Crippen molar-refractivity contribution in [3.05, 3.63) is 11.9 Å². The Labute approximate surface area is 108 Å². The summed E-state index contributed by atoms with van der Waals surface area (Å²) in [5, 5.41) is 15.5. The lowest BCUT2D eigenvalue weighted by atomic mass is 10.4. The maximum Gasteiger partial charge on any atom is 0.158 e. The molecular weight excluding hydrogens is 232 g/mol. The van der Waals surface area contributed by atoms with Gasteiger partial charge < -0.3 is 20.5 Å². The molecule has 1 rings (SSSR count). The molecule has 1 aromatic rings. The number of nitrogens with one attached hydrogen (secondary N) is 2. The molecule has 0 saturated heterocycles. The zero-order valence-electron chi connectivity index (χ0n) is 11.2. The van der Waals surface area contributed by atoms with Crippen molar-refractivity contribution < 1.29 is 9.84 Å². The average Bonchev–Trinajstić information content (AvgIpc) is 2.34. The number of aromatic nitrogens is 2. The highest BCUT2D eigenvalue weighted by atomic mass is 16.5. The molecule has 1 heterocycles. The monoisotopic (exact) mass is 254 g/mol. The fraction of sp³-hybridized carbons (Fsp3) is 0.667. The summed E-state index contributed by atoms with van der Waals surface area (Å²) in [7, 11) is 0. The third-order valence-corrected chi connectivity index (χ3v) is 2.14. The van der Waals surface area contributed by atoms with Crippen molar-refractivity contribution in [1.29, 1.82) is 0 Å². The Balaban J connectivity index is 2.76. The fourth-order valence-corrected chi connectivity index (χ4v) is 1.37. The van der Waals surface area contributed by atoms with Gasteiger partial charge >= 0.3 is 0 Å². The van der Waals surface area contributed by atoms with Gasteiger partial charge in [0.2, 0.25) is 0 Å². The van der Waals surface area contributed by atoms with E-state index in [1.807, 2.05) is 19.9 Å². The van der Waals surface area contributed by atoms with Crippen molar-refractivity contribution in [2.24, 2.45) is 0 Å². The molecule has 6 nitrogen and oxygen atoms in total. The molecule has 0 aromatic carbocycles. The van der Waals surface area contributed by atoms with E-state index in [0.29, 0.717) is 31.4 Å². The smallest absolute Gasteiger partial charge is 0.158 e. The number of hydrogen-bond acceptors (Lipinski definition) is 6. The van der Waals surface area contributed by atoms with E-state index in [1.54, 1.807) is 6.92 Å². The molecule has 0 aliphatic carbocycles. The Hall–Kier alpha value is -1.40. The third-order valence-electron chi connectivity index (χ3n) is 2.14. The van der Waals surface area contributed by atoms with Crippen molar-refractivity contribution in [3.8, 4) is 0 Å². The van der Waals surface area contributed by atoms with Crippen LogP contribution < -0.4 is 10.6 Å². The molecule has 0 radical (unpaired) electrons. The molecule has 1 atom stereocenters. The summed E-state index contributed by atoms with van der Waals surface area (Å²) in [5.41, 5.74) is 0. The second kappa shape index (κ2) is 7.84. The standard InChI is InChI=1S/C12H22N4O2/c1-4-13-10-6-11(14-7-9(3)17)16-12(15-10)8-18-5-2/h6,9,17H,4-5,7-8H2,1-3H3,(H2,13,14,15,16). The summed E-state index contributed by atoms with van der Waals surface area (Å²) in [6, 6.07) is 1.82. The van der Waals surface area contributed by atoms with Gasteiger partial charge in [-0.2, -0.15) is 0 Å². The molecule has 0 fully saturated rings. The molecule has 102 valence electrons. The van der Waals surface area contributed by atoms with Crippen LogP contribution in [0.5, 0.6) is 0 Å². The third kappa shape index (κ3) is 5.29. The van der Waals surface area contributed by atoms with Gasteiger partial charge in [0.05, 0.1) is 6.10 Å². The van der Waals surface area contributed by atoms with Gasteiger partial charge in [0.25, 0.3) is 0 Å². The number of hydrogen-bond donors (Lipinski definition) is 3. The maximum atomic E-state index is 9.25. The quantitative estimate of drug-likeness (QED) is 0.647. The van der Waals surface area contributed by atoms with E-state index in [-0.39, 0.29) is 0 Å². The van der Waals surface area contributed by atoms with Gasteiger partial charge in [-0.05, 0) is 20.8 Å². The van der Waals surface area contributed by atoms with Crippen molar-refractivity contribution in [3.63, 3.8) is 0 Å². The number of aliphatic hydroxyl groups excluding tert-OH is 1. The van der Waals surface area contributed by atoms with Gasteiger partial charge in [0.1, 0.15) is 18.2 Å². The molecule has 3 N–H and O–H groups in total. The predicted octanol–water partition coefficient (Wildman–Crippen LogP) is 1.24. The Morgan fingerprint density at radius 1 is 1.28 bits per heavy atom. The predicted molar refractivity (Wildman–Crippen MR) is 71.7 cm³/mol. The van der Waals surface area contributed by atoms with E-state index in [2.05, 4.69) is 20.6 Å². The van der Waals surface area contributed by atoms with Gasteiger partial charge in [-0.15, -0.1) is 0 Å². The first-order valence-electron chi connectivity index (χ1n) is 6.27. The van der Waals surface area contributed by atoms with Crippen LogP contribution in [0.3, 0.4) is 0 Å². The summed E-state index contributed by atoms with van der Waals surface area (Å²) < 4.78 is 5.30. The molecule has 0 aliphatic heterocycles. The Bertz CT molecular complexity index is 358. The van der Waals surface area contributed by atoms with E-state index in [9.17, 15) is 5.11 Å². The summed E-state index contributed by atoms with van der Waals surface area (Å²) in [4.78, 5) is 8.66. The van der Waals surface area contributed by atoms with E-state index in [4.69, 9.17) is 4.74 Å². The van der Waals surface area contributed by atoms with Crippen LogP contribution in [-0.4, -0.2) is 40.9 Å². The first-order chi connectivity index (χ1) is 8.65. The molecular formula is C12H22N4O2. The van der Waals surface area contributed by atoms with Crippen LogP contribution in [0.25, 0.3) is 0 Å². The zero-order valence-corrected chi connectivity index (χ0v) is 11.2. The van der Waals surface area contributed by atoms with Gasteiger partial charge in [0, 0.05) is 25.8 Å². The first-order valence-corrected chi connectivity index (χ1v) is 6.27. The SMILES string of the molecule is CCNc1cc(NCC(C)O)nc(COCC)n1. The summed E-state index contributed by atoms with van der Waals surface area (Å²) >= 11 is 0. The summed E-state index contributed by atoms with van der Waals surface area (Å²) in [5.74, 6) is 2.08. The normalized spacial score (nSPS) is 12.2. The minimum atomic E-state index is -0.419. The van der Waals surface area contributed by atoms with Gasteiger partial charge in [-0.3, -0.25) is 0 Å². The Morgan fingerprint density at radius 3 is 2.50 bits per heavy atom. The lowest BCUT2D eigenvalue weighted by Crippen LogP contribution is -2.17.